The minimum absolute atomic E-state index is 0.0931. The molecule has 2 atom stereocenters. The molecule has 2 unspecified atom stereocenters. The second-order valence-corrected chi connectivity index (χ2v) is 6.10. The van der Waals surface area contributed by atoms with Crippen molar-refractivity contribution in [3.05, 3.63) is 65.2 Å². The quantitative estimate of drug-likeness (QED) is 0.868. The van der Waals surface area contributed by atoms with Crippen LogP contribution in [0.4, 0.5) is 5.69 Å². The molecule has 0 aromatic heterocycles. The number of amides is 1. The lowest BCUT2D eigenvalue weighted by Crippen LogP contribution is -2.27. The number of carbonyl (C=O) groups is 1. The van der Waals surface area contributed by atoms with Crippen molar-refractivity contribution in [2.24, 2.45) is 0 Å². The summed E-state index contributed by atoms with van der Waals surface area (Å²) in [6.07, 6.45) is 0.814. The smallest absolute Gasteiger partial charge is 0.236 e. The number of nitriles is 1. The second kappa shape index (κ2) is 3.73. The zero-order valence-electron chi connectivity index (χ0n) is 11.7. The highest BCUT2D eigenvalue weighted by molar-refractivity contribution is 6.10. The van der Waals surface area contributed by atoms with Gasteiger partial charge in [0.15, 0.2) is 0 Å². The van der Waals surface area contributed by atoms with Gasteiger partial charge in [-0.25, -0.2) is 0 Å². The Hall–Kier alpha value is -2.60. The van der Waals surface area contributed by atoms with E-state index in [1.807, 2.05) is 48.5 Å². The van der Waals surface area contributed by atoms with E-state index in [-0.39, 0.29) is 11.3 Å². The van der Waals surface area contributed by atoms with Gasteiger partial charge in [0, 0.05) is 11.1 Å². The van der Waals surface area contributed by atoms with Crippen molar-refractivity contribution in [1.82, 2.24) is 0 Å². The maximum atomic E-state index is 12.6. The van der Waals surface area contributed by atoms with Gasteiger partial charge in [0.05, 0.1) is 17.0 Å². The van der Waals surface area contributed by atoms with Crippen molar-refractivity contribution in [3.8, 4) is 6.07 Å². The van der Waals surface area contributed by atoms with Gasteiger partial charge in [-0.1, -0.05) is 37.3 Å². The van der Waals surface area contributed by atoms with Gasteiger partial charge in [0.1, 0.15) is 0 Å². The first-order valence-corrected chi connectivity index (χ1v) is 7.03. The standard InChI is InChI=1S/C18H14N2O/c1-17(13-8-6-12(10-19)7-9-13)11-18(17)14-4-2-3-5-15(14)20-16(18)21/h2-9H,11H2,1H3,(H,20,21). The lowest BCUT2D eigenvalue weighted by atomic mass is 9.83. The van der Waals surface area contributed by atoms with E-state index >= 15 is 0 Å². The predicted octanol–water partition coefficient (Wildman–Crippen LogP) is 3.11. The van der Waals surface area contributed by atoms with E-state index in [1.54, 1.807) is 0 Å². The summed E-state index contributed by atoms with van der Waals surface area (Å²) >= 11 is 0. The fourth-order valence-corrected chi connectivity index (χ4v) is 3.79. The van der Waals surface area contributed by atoms with Crippen LogP contribution in [-0.2, 0) is 15.6 Å². The van der Waals surface area contributed by atoms with Crippen molar-refractivity contribution in [2.75, 3.05) is 5.32 Å². The third kappa shape index (κ3) is 1.34. The highest BCUT2D eigenvalue weighted by Crippen LogP contribution is 2.68. The Morgan fingerprint density at radius 3 is 2.57 bits per heavy atom. The lowest BCUT2D eigenvalue weighted by molar-refractivity contribution is -0.118. The highest BCUT2D eigenvalue weighted by atomic mass is 16.2. The monoisotopic (exact) mass is 274 g/mol. The summed E-state index contributed by atoms with van der Waals surface area (Å²) in [5.74, 6) is 0.0931. The zero-order chi connectivity index (χ0) is 14.7. The second-order valence-electron chi connectivity index (χ2n) is 6.10. The topological polar surface area (TPSA) is 52.9 Å². The molecule has 1 fully saturated rings. The molecule has 2 aromatic carbocycles. The predicted molar refractivity (Wildman–Crippen MR) is 79.9 cm³/mol. The Morgan fingerprint density at radius 2 is 1.86 bits per heavy atom. The summed E-state index contributed by atoms with van der Waals surface area (Å²) in [7, 11) is 0. The summed E-state index contributed by atoms with van der Waals surface area (Å²) in [6, 6.07) is 17.7. The van der Waals surface area contributed by atoms with Crippen molar-refractivity contribution in [3.63, 3.8) is 0 Å². The molecule has 1 amide bonds. The van der Waals surface area contributed by atoms with Crippen LogP contribution in [0.25, 0.3) is 0 Å². The van der Waals surface area contributed by atoms with Crippen LogP contribution < -0.4 is 5.32 Å². The number of fused-ring (bicyclic) bond motifs is 2. The molecule has 102 valence electrons. The number of hydrogen-bond acceptors (Lipinski definition) is 2. The average Bonchev–Trinajstić information content (AvgIpc) is 3.06. The average molecular weight is 274 g/mol. The van der Waals surface area contributed by atoms with Gasteiger partial charge in [0.2, 0.25) is 5.91 Å². The lowest BCUT2D eigenvalue weighted by Gasteiger charge is -2.17. The highest BCUT2D eigenvalue weighted by Gasteiger charge is 2.73. The number of benzene rings is 2. The van der Waals surface area contributed by atoms with Crippen LogP contribution in [-0.4, -0.2) is 5.91 Å². The maximum Gasteiger partial charge on any atom is 0.236 e. The molecule has 2 aromatic rings. The zero-order valence-corrected chi connectivity index (χ0v) is 11.7. The molecular formula is C18H14N2O. The van der Waals surface area contributed by atoms with Crippen molar-refractivity contribution in [2.45, 2.75) is 24.2 Å². The Balaban J connectivity index is 1.82. The Kier molecular flexibility index (Phi) is 2.16. The summed E-state index contributed by atoms with van der Waals surface area (Å²) in [6.45, 7) is 2.13. The summed E-state index contributed by atoms with van der Waals surface area (Å²) < 4.78 is 0. The van der Waals surface area contributed by atoms with E-state index in [1.165, 1.54) is 0 Å². The molecule has 1 N–H and O–H groups in total. The van der Waals surface area contributed by atoms with Crippen molar-refractivity contribution >= 4 is 11.6 Å². The van der Waals surface area contributed by atoms with E-state index in [0.29, 0.717) is 5.56 Å². The largest absolute Gasteiger partial charge is 0.325 e. The summed E-state index contributed by atoms with van der Waals surface area (Å²) in [4.78, 5) is 12.6. The molecule has 3 heteroatoms. The van der Waals surface area contributed by atoms with Crippen LogP contribution in [0.5, 0.6) is 0 Å². The minimum Gasteiger partial charge on any atom is -0.325 e. The number of carbonyl (C=O) groups excluding carboxylic acids is 1. The van der Waals surface area contributed by atoms with Gasteiger partial charge < -0.3 is 5.32 Å². The summed E-state index contributed by atoms with van der Waals surface area (Å²) in [5.41, 5.74) is 3.15. The molecule has 4 rings (SSSR count). The molecule has 3 nitrogen and oxygen atoms in total. The summed E-state index contributed by atoms with van der Waals surface area (Å²) in [5, 5.41) is 11.9. The van der Waals surface area contributed by atoms with Crippen molar-refractivity contribution in [1.29, 1.82) is 5.26 Å². The number of para-hydroxylation sites is 1. The SMILES string of the molecule is CC1(c2ccc(C#N)cc2)CC12C(=O)Nc1ccccc12. The number of hydrogen-bond donors (Lipinski definition) is 1. The first-order valence-electron chi connectivity index (χ1n) is 7.03. The van der Waals surface area contributed by atoms with E-state index in [0.717, 1.165) is 23.2 Å². The Bertz CT molecular complexity index is 803. The van der Waals surface area contributed by atoms with Gasteiger partial charge in [-0.2, -0.15) is 5.26 Å². The maximum absolute atomic E-state index is 12.6. The molecule has 1 saturated carbocycles. The number of rotatable bonds is 1. The first kappa shape index (κ1) is 12.2. The molecule has 1 heterocycles. The number of nitrogens with one attached hydrogen (secondary N) is 1. The fourth-order valence-electron chi connectivity index (χ4n) is 3.79. The molecule has 0 radical (unpaired) electrons. The normalized spacial score (nSPS) is 28.9. The van der Waals surface area contributed by atoms with Crippen molar-refractivity contribution < 1.29 is 4.79 Å². The van der Waals surface area contributed by atoms with Gasteiger partial charge in [0.25, 0.3) is 0 Å². The van der Waals surface area contributed by atoms with Crippen LogP contribution >= 0.6 is 0 Å². The van der Waals surface area contributed by atoms with Gasteiger partial charge >= 0.3 is 0 Å². The first-order chi connectivity index (χ1) is 10.1. The van der Waals surface area contributed by atoms with E-state index < -0.39 is 5.41 Å². The van der Waals surface area contributed by atoms with Gasteiger partial charge in [-0.15, -0.1) is 0 Å². The molecule has 1 aliphatic carbocycles. The fraction of sp³-hybridized carbons (Fsp3) is 0.222. The van der Waals surface area contributed by atoms with Crippen LogP contribution in [0.2, 0.25) is 0 Å². The van der Waals surface area contributed by atoms with Crippen LogP contribution in [0, 0.1) is 11.3 Å². The molecule has 0 saturated heterocycles. The minimum atomic E-state index is -0.447. The molecule has 1 spiro atoms. The molecule has 1 aliphatic heterocycles. The van der Waals surface area contributed by atoms with Crippen LogP contribution in [0.1, 0.15) is 30.0 Å². The van der Waals surface area contributed by atoms with E-state index in [2.05, 4.69) is 18.3 Å². The Labute approximate surface area is 123 Å². The number of anilines is 1. The molecule has 21 heavy (non-hydrogen) atoms. The third-order valence-electron chi connectivity index (χ3n) is 5.11. The van der Waals surface area contributed by atoms with Crippen LogP contribution in [0.15, 0.2) is 48.5 Å². The van der Waals surface area contributed by atoms with E-state index in [9.17, 15) is 4.79 Å². The molecular weight excluding hydrogens is 260 g/mol. The van der Waals surface area contributed by atoms with Crippen LogP contribution in [0.3, 0.4) is 0 Å². The number of nitrogens with zero attached hydrogens (tertiary/aromatic N) is 1. The Morgan fingerprint density at radius 1 is 1.14 bits per heavy atom. The molecule has 0 bridgehead atoms. The molecule has 2 aliphatic rings. The third-order valence-corrected chi connectivity index (χ3v) is 5.11. The van der Waals surface area contributed by atoms with Gasteiger partial charge in [-0.05, 0) is 35.7 Å². The van der Waals surface area contributed by atoms with E-state index in [4.69, 9.17) is 5.26 Å². The van der Waals surface area contributed by atoms with Gasteiger partial charge in [-0.3, -0.25) is 4.79 Å².